The molecule has 2 aliphatic heterocycles. The summed E-state index contributed by atoms with van der Waals surface area (Å²) in [5.41, 5.74) is 7.00. The number of rotatable bonds is 2. The zero-order valence-corrected chi connectivity index (χ0v) is 13.1. The Morgan fingerprint density at radius 1 is 1.43 bits per heavy atom. The summed E-state index contributed by atoms with van der Waals surface area (Å²) in [6.07, 6.45) is 2.52. The van der Waals surface area contributed by atoms with Gasteiger partial charge in [0.15, 0.2) is 6.10 Å². The Balaban J connectivity index is 0.00000161. The summed E-state index contributed by atoms with van der Waals surface area (Å²) < 4.78 is 5.82. The minimum absolute atomic E-state index is 0. The Morgan fingerprint density at radius 3 is 2.90 bits per heavy atom. The van der Waals surface area contributed by atoms with Gasteiger partial charge in [0.05, 0.1) is 0 Å². The quantitative estimate of drug-likeness (QED) is 0.909. The van der Waals surface area contributed by atoms with E-state index in [1.165, 1.54) is 0 Å². The van der Waals surface area contributed by atoms with E-state index in [9.17, 15) is 4.79 Å². The van der Waals surface area contributed by atoms with Crippen LogP contribution in [0.2, 0.25) is 0 Å². The maximum absolute atomic E-state index is 12.7. The molecule has 0 bridgehead atoms. The molecular formula is C16H23ClN2O2. The van der Waals surface area contributed by atoms with Crippen molar-refractivity contribution in [2.24, 2.45) is 11.7 Å². The second kappa shape index (κ2) is 6.67. The maximum atomic E-state index is 12.7. The summed E-state index contributed by atoms with van der Waals surface area (Å²) in [5.74, 6) is 1.42. The molecule has 1 saturated heterocycles. The van der Waals surface area contributed by atoms with Gasteiger partial charge in [-0.1, -0.05) is 25.1 Å². The molecule has 2 N–H and O–H groups in total. The van der Waals surface area contributed by atoms with E-state index in [1.54, 1.807) is 0 Å². The molecule has 116 valence electrons. The number of halogens is 1. The van der Waals surface area contributed by atoms with Crippen LogP contribution in [0.1, 0.15) is 25.3 Å². The van der Waals surface area contributed by atoms with Crippen molar-refractivity contribution >= 4 is 18.3 Å². The zero-order chi connectivity index (χ0) is 14.1. The number of hydrogen-bond donors (Lipinski definition) is 1. The number of fused-ring (bicyclic) bond motifs is 1. The van der Waals surface area contributed by atoms with Gasteiger partial charge in [-0.05, 0) is 30.4 Å². The second-order valence-corrected chi connectivity index (χ2v) is 5.87. The molecule has 4 nitrogen and oxygen atoms in total. The number of para-hydroxylation sites is 1. The zero-order valence-electron chi connectivity index (χ0n) is 12.3. The maximum Gasteiger partial charge on any atom is 0.264 e. The number of carbonyl (C=O) groups excluding carboxylic acids is 1. The van der Waals surface area contributed by atoms with E-state index in [4.69, 9.17) is 10.5 Å². The minimum Gasteiger partial charge on any atom is -0.480 e. The van der Waals surface area contributed by atoms with E-state index in [-0.39, 0.29) is 30.5 Å². The van der Waals surface area contributed by atoms with Crippen molar-refractivity contribution in [1.29, 1.82) is 0 Å². The molecule has 3 atom stereocenters. The highest BCUT2D eigenvalue weighted by Gasteiger charge is 2.37. The summed E-state index contributed by atoms with van der Waals surface area (Å²) in [6, 6.07) is 8.05. The fourth-order valence-corrected chi connectivity index (χ4v) is 3.39. The molecule has 0 spiro atoms. The van der Waals surface area contributed by atoms with Crippen LogP contribution in [0, 0.1) is 5.92 Å². The highest BCUT2D eigenvalue weighted by molar-refractivity contribution is 5.85. The van der Waals surface area contributed by atoms with Gasteiger partial charge in [0.25, 0.3) is 5.91 Å². The van der Waals surface area contributed by atoms with Gasteiger partial charge in [0.1, 0.15) is 5.75 Å². The molecule has 3 rings (SSSR count). The Kier molecular flexibility index (Phi) is 5.12. The average Bonchev–Trinajstić information content (AvgIpc) is 2.90. The van der Waals surface area contributed by atoms with Crippen LogP contribution in [-0.2, 0) is 11.2 Å². The molecule has 0 saturated carbocycles. The van der Waals surface area contributed by atoms with Crippen LogP contribution in [0.25, 0.3) is 0 Å². The summed E-state index contributed by atoms with van der Waals surface area (Å²) in [5, 5.41) is 0. The van der Waals surface area contributed by atoms with Crippen molar-refractivity contribution in [2.45, 2.75) is 38.3 Å². The molecular weight excluding hydrogens is 288 g/mol. The SMILES string of the molecule is CC1CCCN(C(=O)C2Cc3ccccc3O2)C1CN.Cl. The highest BCUT2D eigenvalue weighted by atomic mass is 35.5. The number of benzene rings is 1. The van der Waals surface area contributed by atoms with Gasteiger partial charge in [0.2, 0.25) is 0 Å². The molecule has 0 aromatic heterocycles. The molecule has 1 fully saturated rings. The highest BCUT2D eigenvalue weighted by Crippen LogP contribution is 2.31. The molecule has 3 unspecified atom stereocenters. The topological polar surface area (TPSA) is 55.6 Å². The summed E-state index contributed by atoms with van der Waals surface area (Å²) in [7, 11) is 0. The first-order valence-electron chi connectivity index (χ1n) is 7.46. The largest absolute Gasteiger partial charge is 0.480 e. The van der Waals surface area contributed by atoms with Crippen LogP contribution < -0.4 is 10.5 Å². The lowest BCUT2D eigenvalue weighted by Crippen LogP contribution is -2.54. The van der Waals surface area contributed by atoms with E-state index >= 15 is 0 Å². The number of likely N-dealkylation sites (tertiary alicyclic amines) is 1. The normalized spacial score (nSPS) is 27.5. The summed E-state index contributed by atoms with van der Waals surface area (Å²) >= 11 is 0. The lowest BCUT2D eigenvalue weighted by molar-refractivity contribution is -0.142. The lowest BCUT2D eigenvalue weighted by atomic mass is 9.90. The first-order chi connectivity index (χ1) is 9.70. The molecule has 2 heterocycles. The number of carbonyl (C=O) groups is 1. The first kappa shape index (κ1) is 16.1. The fourth-order valence-electron chi connectivity index (χ4n) is 3.39. The van der Waals surface area contributed by atoms with E-state index in [2.05, 4.69) is 6.92 Å². The molecule has 1 aromatic carbocycles. The van der Waals surface area contributed by atoms with Crippen LogP contribution in [-0.4, -0.2) is 36.0 Å². The predicted octanol–water partition coefficient (Wildman–Crippen LogP) is 2.00. The number of piperidine rings is 1. The van der Waals surface area contributed by atoms with Crippen LogP contribution in [0.5, 0.6) is 5.75 Å². The van der Waals surface area contributed by atoms with Crippen molar-refractivity contribution in [2.75, 3.05) is 13.1 Å². The number of nitrogens with zero attached hydrogens (tertiary/aromatic N) is 1. The molecule has 1 aromatic rings. The average molecular weight is 311 g/mol. The monoisotopic (exact) mass is 310 g/mol. The third kappa shape index (κ3) is 3.01. The van der Waals surface area contributed by atoms with E-state index in [0.717, 1.165) is 30.7 Å². The van der Waals surface area contributed by atoms with Gasteiger partial charge in [0, 0.05) is 25.6 Å². The molecule has 2 aliphatic rings. The number of hydrogen-bond acceptors (Lipinski definition) is 3. The third-order valence-corrected chi connectivity index (χ3v) is 4.56. The molecule has 5 heteroatoms. The van der Waals surface area contributed by atoms with Gasteiger partial charge >= 0.3 is 0 Å². The summed E-state index contributed by atoms with van der Waals surface area (Å²) in [4.78, 5) is 14.7. The number of ether oxygens (including phenoxy) is 1. The standard InChI is InChI=1S/C16H22N2O2.ClH/c1-11-5-4-8-18(13(11)10-17)16(19)15-9-12-6-2-3-7-14(12)20-15;/h2-3,6-7,11,13,15H,4-5,8-10,17H2,1H3;1H. The van der Waals surface area contributed by atoms with Crippen LogP contribution in [0.4, 0.5) is 0 Å². The molecule has 0 radical (unpaired) electrons. The van der Waals surface area contributed by atoms with Crippen molar-refractivity contribution < 1.29 is 9.53 Å². The molecule has 0 aliphatic carbocycles. The number of nitrogens with two attached hydrogens (primary N) is 1. The minimum atomic E-state index is -0.369. The fraction of sp³-hybridized carbons (Fsp3) is 0.562. The Hall–Kier alpha value is -1.26. The number of amides is 1. The Morgan fingerprint density at radius 2 is 2.19 bits per heavy atom. The molecule has 21 heavy (non-hydrogen) atoms. The van der Waals surface area contributed by atoms with Crippen LogP contribution >= 0.6 is 12.4 Å². The van der Waals surface area contributed by atoms with Gasteiger partial charge in [-0.15, -0.1) is 12.4 Å². The van der Waals surface area contributed by atoms with Crippen LogP contribution in [0.15, 0.2) is 24.3 Å². The predicted molar refractivity (Wildman–Crippen MR) is 84.8 cm³/mol. The van der Waals surface area contributed by atoms with Crippen molar-refractivity contribution in [3.63, 3.8) is 0 Å². The Bertz CT molecular complexity index is 484. The lowest BCUT2D eigenvalue weighted by Gasteiger charge is -2.40. The van der Waals surface area contributed by atoms with Crippen molar-refractivity contribution in [3.8, 4) is 5.75 Å². The van der Waals surface area contributed by atoms with Gasteiger partial charge in [-0.25, -0.2) is 0 Å². The van der Waals surface area contributed by atoms with Crippen molar-refractivity contribution in [3.05, 3.63) is 29.8 Å². The van der Waals surface area contributed by atoms with Crippen molar-refractivity contribution in [1.82, 2.24) is 4.90 Å². The first-order valence-corrected chi connectivity index (χ1v) is 7.46. The Labute approximate surface area is 132 Å². The van der Waals surface area contributed by atoms with E-state index in [1.807, 2.05) is 29.2 Å². The second-order valence-electron chi connectivity index (χ2n) is 5.87. The van der Waals surface area contributed by atoms with Gasteiger partial charge in [-0.3, -0.25) is 4.79 Å². The van der Waals surface area contributed by atoms with E-state index in [0.29, 0.717) is 18.9 Å². The smallest absolute Gasteiger partial charge is 0.264 e. The van der Waals surface area contributed by atoms with E-state index < -0.39 is 0 Å². The summed E-state index contributed by atoms with van der Waals surface area (Å²) in [6.45, 7) is 3.52. The molecule has 1 amide bonds. The third-order valence-electron chi connectivity index (χ3n) is 4.56. The van der Waals surface area contributed by atoms with Crippen LogP contribution in [0.3, 0.4) is 0 Å². The van der Waals surface area contributed by atoms with Gasteiger partial charge < -0.3 is 15.4 Å². The van der Waals surface area contributed by atoms with Gasteiger partial charge in [-0.2, -0.15) is 0 Å².